The third kappa shape index (κ3) is 3.41. The maximum absolute atomic E-state index is 11.3. The summed E-state index contributed by atoms with van der Waals surface area (Å²) in [6.07, 6.45) is 1.17. The molecule has 0 saturated heterocycles. The zero-order valence-electron chi connectivity index (χ0n) is 10.6. The predicted molar refractivity (Wildman–Crippen MR) is 74.0 cm³/mol. The molecular formula is C12H14N4O2S. The second kappa shape index (κ2) is 4.85. The summed E-state index contributed by atoms with van der Waals surface area (Å²) in [5, 5.41) is 3.04. The predicted octanol–water partition coefficient (Wildman–Crippen LogP) is 1.51. The largest absolute Gasteiger partial charge is 0.384 e. The van der Waals surface area contributed by atoms with Gasteiger partial charge < -0.3 is 11.1 Å². The van der Waals surface area contributed by atoms with E-state index in [1.54, 1.807) is 25.1 Å². The molecule has 0 bridgehead atoms. The second-order valence-corrected chi connectivity index (χ2v) is 6.16. The lowest BCUT2D eigenvalue weighted by Crippen LogP contribution is -2.01. The molecule has 0 spiro atoms. The highest BCUT2D eigenvalue weighted by molar-refractivity contribution is 7.90. The van der Waals surface area contributed by atoms with E-state index < -0.39 is 9.84 Å². The summed E-state index contributed by atoms with van der Waals surface area (Å²) >= 11 is 0. The van der Waals surface area contributed by atoms with E-state index in [0.29, 0.717) is 17.5 Å². The lowest BCUT2D eigenvalue weighted by Gasteiger charge is -2.07. The minimum Gasteiger partial charge on any atom is -0.384 e. The fourth-order valence-corrected chi connectivity index (χ4v) is 2.22. The Bertz CT molecular complexity index is 676. The van der Waals surface area contributed by atoms with Gasteiger partial charge in [-0.25, -0.2) is 18.4 Å². The molecule has 1 aromatic carbocycles. The van der Waals surface area contributed by atoms with E-state index in [0.717, 1.165) is 5.69 Å². The van der Waals surface area contributed by atoms with E-state index in [1.807, 2.05) is 0 Å². The molecule has 100 valence electrons. The number of hydrogen-bond acceptors (Lipinski definition) is 6. The molecule has 0 unspecified atom stereocenters. The second-order valence-electron chi connectivity index (χ2n) is 4.15. The monoisotopic (exact) mass is 278 g/mol. The number of anilines is 3. The first-order valence-corrected chi connectivity index (χ1v) is 7.42. The summed E-state index contributed by atoms with van der Waals surface area (Å²) in [5.41, 5.74) is 6.35. The van der Waals surface area contributed by atoms with Crippen molar-refractivity contribution in [2.45, 2.75) is 11.8 Å². The number of aromatic nitrogens is 2. The van der Waals surface area contributed by atoms with Crippen molar-refractivity contribution in [3.63, 3.8) is 0 Å². The topological polar surface area (TPSA) is 98.0 Å². The van der Waals surface area contributed by atoms with E-state index in [2.05, 4.69) is 15.3 Å². The molecule has 2 aromatic rings. The van der Waals surface area contributed by atoms with Crippen molar-refractivity contribution < 1.29 is 8.42 Å². The minimum atomic E-state index is -3.18. The van der Waals surface area contributed by atoms with Gasteiger partial charge in [-0.15, -0.1) is 0 Å². The number of hydrogen-bond donors (Lipinski definition) is 2. The minimum absolute atomic E-state index is 0.274. The summed E-state index contributed by atoms with van der Waals surface area (Å²) in [5.74, 6) is 1.51. The highest BCUT2D eigenvalue weighted by Gasteiger charge is 2.06. The zero-order chi connectivity index (χ0) is 14.0. The Morgan fingerprint density at radius 2 is 1.79 bits per heavy atom. The first-order chi connectivity index (χ1) is 8.84. The molecule has 3 N–H and O–H groups in total. The summed E-state index contributed by atoms with van der Waals surface area (Å²) in [7, 11) is -3.18. The van der Waals surface area contributed by atoms with Crippen LogP contribution in [0.2, 0.25) is 0 Å². The molecule has 0 aliphatic heterocycles. The van der Waals surface area contributed by atoms with E-state index in [9.17, 15) is 8.42 Å². The fraction of sp³-hybridized carbons (Fsp3) is 0.167. The van der Waals surface area contributed by atoms with E-state index in [1.165, 1.54) is 18.4 Å². The standard InChI is InChI=1S/C12H14N4O2S/c1-8-14-11(13)7-12(15-8)16-9-3-5-10(6-4-9)19(2,17)18/h3-7H,1-2H3,(H3,13,14,15,16). The molecule has 0 fully saturated rings. The number of benzene rings is 1. The fourth-order valence-electron chi connectivity index (χ4n) is 1.59. The molecular weight excluding hydrogens is 264 g/mol. The Morgan fingerprint density at radius 1 is 1.16 bits per heavy atom. The lowest BCUT2D eigenvalue weighted by molar-refractivity contribution is 0.602. The van der Waals surface area contributed by atoms with Gasteiger partial charge in [0.25, 0.3) is 0 Å². The van der Waals surface area contributed by atoms with Gasteiger partial charge >= 0.3 is 0 Å². The van der Waals surface area contributed by atoms with Gasteiger partial charge in [-0.1, -0.05) is 0 Å². The van der Waals surface area contributed by atoms with Gasteiger partial charge in [0, 0.05) is 18.0 Å². The molecule has 1 aromatic heterocycles. The highest BCUT2D eigenvalue weighted by atomic mass is 32.2. The first kappa shape index (κ1) is 13.3. The molecule has 0 aliphatic rings. The van der Waals surface area contributed by atoms with E-state index in [4.69, 9.17) is 5.73 Å². The van der Waals surface area contributed by atoms with Crippen LogP contribution in [0.3, 0.4) is 0 Å². The Labute approximate surface area is 111 Å². The lowest BCUT2D eigenvalue weighted by atomic mass is 10.3. The Morgan fingerprint density at radius 3 is 2.32 bits per heavy atom. The molecule has 0 aliphatic carbocycles. The van der Waals surface area contributed by atoms with Crippen molar-refractivity contribution in [2.24, 2.45) is 0 Å². The summed E-state index contributed by atoms with van der Waals surface area (Å²) < 4.78 is 22.7. The van der Waals surface area contributed by atoms with Crippen molar-refractivity contribution in [3.05, 3.63) is 36.2 Å². The van der Waals surface area contributed by atoms with Gasteiger partial charge in [0.1, 0.15) is 17.5 Å². The normalized spacial score (nSPS) is 11.3. The van der Waals surface area contributed by atoms with Crippen LogP contribution in [-0.4, -0.2) is 24.6 Å². The summed E-state index contributed by atoms with van der Waals surface area (Å²) in [6.45, 7) is 1.74. The molecule has 0 radical (unpaired) electrons. The summed E-state index contributed by atoms with van der Waals surface area (Å²) in [4.78, 5) is 8.42. The molecule has 0 amide bonds. The van der Waals surface area contributed by atoms with Crippen molar-refractivity contribution in [1.82, 2.24) is 9.97 Å². The van der Waals surface area contributed by atoms with Gasteiger partial charge in [0.05, 0.1) is 4.90 Å². The van der Waals surface area contributed by atoms with Crippen LogP contribution in [0.5, 0.6) is 0 Å². The Balaban J connectivity index is 2.24. The average molecular weight is 278 g/mol. The van der Waals surface area contributed by atoms with Crippen LogP contribution in [0.25, 0.3) is 0 Å². The van der Waals surface area contributed by atoms with Crippen LogP contribution in [0, 0.1) is 6.92 Å². The van der Waals surface area contributed by atoms with Crippen molar-refractivity contribution in [3.8, 4) is 0 Å². The van der Waals surface area contributed by atoms with Gasteiger partial charge in [-0.2, -0.15) is 0 Å². The number of nitrogens with two attached hydrogens (primary N) is 1. The highest BCUT2D eigenvalue weighted by Crippen LogP contribution is 2.18. The van der Waals surface area contributed by atoms with Crippen LogP contribution in [-0.2, 0) is 9.84 Å². The number of nitrogen functional groups attached to an aromatic ring is 1. The maximum atomic E-state index is 11.3. The van der Waals surface area contributed by atoms with Gasteiger partial charge in [-0.05, 0) is 31.2 Å². The number of sulfone groups is 1. The summed E-state index contributed by atoms with van der Waals surface area (Å²) in [6, 6.07) is 8.02. The average Bonchev–Trinajstić information content (AvgIpc) is 2.26. The van der Waals surface area contributed by atoms with Crippen molar-refractivity contribution >= 4 is 27.2 Å². The third-order valence-electron chi connectivity index (χ3n) is 2.41. The SMILES string of the molecule is Cc1nc(N)cc(Nc2ccc(S(C)(=O)=O)cc2)n1. The molecule has 1 heterocycles. The van der Waals surface area contributed by atoms with E-state index in [-0.39, 0.29) is 4.90 Å². The molecule has 7 heteroatoms. The van der Waals surface area contributed by atoms with Gasteiger partial charge in [0.15, 0.2) is 9.84 Å². The van der Waals surface area contributed by atoms with Crippen LogP contribution in [0.15, 0.2) is 35.2 Å². The van der Waals surface area contributed by atoms with Crippen LogP contribution in [0.4, 0.5) is 17.3 Å². The number of nitrogens with zero attached hydrogens (tertiary/aromatic N) is 2. The Hall–Kier alpha value is -2.15. The quantitative estimate of drug-likeness (QED) is 0.883. The molecule has 0 saturated carbocycles. The molecule has 6 nitrogen and oxygen atoms in total. The van der Waals surface area contributed by atoms with Gasteiger partial charge in [0.2, 0.25) is 0 Å². The Kier molecular flexibility index (Phi) is 3.39. The molecule has 19 heavy (non-hydrogen) atoms. The van der Waals surface area contributed by atoms with E-state index >= 15 is 0 Å². The van der Waals surface area contributed by atoms with Crippen molar-refractivity contribution in [1.29, 1.82) is 0 Å². The molecule has 2 rings (SSSR count). The van der Waals surface area contributed by atoms with Crippen molar-refractivity contribution in [2.75, 3.05) is 17.3 Å². The smallest absolute Gasteiger partial charge is 0.175 e. The maximum Gasteiger partial charge on any atom is 0.175 e. The van der Waals surface area contributed by atoms with Crippen LogP contribution >= 0.6 is 0 Å². The van der Waals surface area contributed by atoms with Gasteiger partial charge in [-0.3, -0.25) is 0 Å². The zero-order valence-corrected chi connectivity index (χ0v) is 11.4. The number of aryl methyl sites for hydroxylation is 1. The number of nitrogens with one attached hydrogen (secondary N) is 1. The first-order valence-electron chi connectivity index (χ1n) is 5.53. The van der Waals surface area contributed by atoms with Crippen LogP contribution < -0.4 is 11.1 Å². The molecule has 0 atom stereocenters. The van der Waals surface area contributed by atoms with Crippen LogP contribution in [0.1, 0.15) is 5.82 Å². The third-order valence-corrected chi connectivity index (χ3v) is 3.54. The number of rotatable bonds is 3.